The molecule has 2 aromatic rings. The number of ether oxygens (including phenoxy) is 1. The summed E-state index contributed by atoms with van der Waals surface area (Å²) in [5.74, 6) is 0. The van der Waals surface area contributed by atoms with Gasteiger partial charge in [0, 0.05) is 33.8 Å². The van der Waals surface area contributed by atoms with E-state index in [2.05, 4.69) is 16.9 Å². The zero-order valence-corrected chi connectivity index (χ0v) is 15.3. The normalized spacial score (nSPS) is 18.3. The van der Waals surface area contributed by atoms with E-state index in [0.29, 0.717) is 23.8 Å². The highest BCUT2D eigenvalue weighted by atomic mass is 16.5. The van der Waals surface area contributed by atoms with Crippen LogP contribution in [0.2, 0.25) is 0 Å². The lowest BCUT2D eigenvalue weighted by Crippen LogP contribution is -2.40. The second-order valence-electron chi connectivity index (χ2n) is 6.93. The molecule has 3 heterocycles. The fourth-order valence-electron chi connectivity index (χ4n) is 3.48. The number of imidazole rings is 1. The fraction of sp³-hybridized carbons (Fsp3) is 0.706. The van der Waals surface area contributed by atoms with Crippen molar-refractivity contribution in [1.82, 2.24) is 23.6 Å². The average molecular weight is 349 g/mol. The fourth-order valence-corrected chi connectivity index (χ4v) is 3.48. The minimum absolute atomic E-state index is 0.267. The summed E-state index contributed by atoms with van der Waals surface area (Å²) in [7, 11) is 5.48. The van der Waals surface area contributed by atoms with Gasteiger partial charge in [-0.15, -0.1) is 0 Å². The summed E-state index contributed by atoms with van der Waals surface area (Å²) in [5, 5.41) is 0. The predicted molar refractivity (Wildman–Crippen MR) is 95.9 cm³/mol. The smallest absolute Gasteiger partial charge is 0.332 e. The van der Waals surface area contributed by atoms with Crippen molar-refractivity contribution >= 4 is 11.2 Å². The van der Waals surface area contributed by atoms with Crippen molar-refractivity contribution in [3.8, 4) is 0 Å². The van der Waals surface area contributed by atoms with E-state index < -0.39 is 0 Å². The molecule has 138 valence electrons. The third-order valence-corrected chi connectivity index (χ3v) is 4.91. The number of fused-ring (bicyclic) bond motifs is 1. The van der Waals surface area contributed by atoms with Crippen LogP contribution < -0.4 is 11.2 Å². The summed E-state index contributed by atoms with van der Waals surface area (Å²) >= 11 is 0. The maximum atomic E-state index is 12.6. The number of hydrogen-bond donors (Lipinski definition) is 0. The van der Waals surface area contributed by atoms with Crippen molar-refractivity contribution < 1.29 is 4.74 Å². The van der Waals surface area contributed by atoms with Gasteiger partial charge in [-0.2, -0.15) is 0 Å². The van der Waals surface area contributed by atoms with Gasteiger partial charge in [-0.25, -0.2) is 9.78 Å². The lowest BCUT2D eigenvalue weighted by molar-refractivity contribution is -0.00168. The maximum Gasteiger partial charge on any atom is 0.332 e. The summed E-state index contributed by atoms with van der Waals surface area (Å²) < 4.78 is 10.2. The van der Waals surface area contributed by atoms with E-state index in [1.807, 2.05) is 0 Å². The number of hydrogen-bond acceptors (Lipinski definition) is 5. The largest absolute Gasteiger partial charge is 0.377 e. The number of rotatable bonds is 6. The van der Waals surface area contributed by atoms with E-state index in [4.69, 9.17) is 4.74 Å². The van der Waals surface area contributed by atoms with Gasteiger partial charge in [0.15, 0.2) is 11.2 Å². The minimum Gasteiger partial charge on any atom is -0.377 e. The van der Waals surface area contributed by atoms with Gasteiger partial charge in [0.1, 0.15) is 0 Å². The van der Waals surface area contributed by atoms with E-state index in [1.54, 1.807) is 25.0 Å². The molecule has 0 spiro atoms. The Morgan fingerprint density at radius 2 is 2.12 bits per heavy atom. The molecular weight excluding hydrogens is 322 g/mol. The van der Waals surface area contributed by atoms with Gasteiger partial charge >= 0.3 is 5.69 Å². The second kappa shape index (κ2) is 7.53. The number of aromatic nitrogens is 4. The molecular formula is C17H27N5O3. The van der Waals surface area contributed by atoms with Crippen LogP contribution in [-0.2, 0) is 25.4 Å². The molecule has 0 N–H and O–H groups in total. The first-order valence-corrected chi connectivity index (χ1v) is 8.90. The quantitative estimate of drug-likeness (QED) is 0.751. The highest BCUT2D eigenvalue weighted by Crippen LogP contribution is 2.13. The summed E-state index contributed by atoms with van der Waals surface area (Å²) in [6, 6.07) is 0. The van der Waals surface area contributed by atoms with Crippen LogP contribution in [0.25, 0.3) is 11.2 Å². The first kappa shape index (κ1) is 17.9. The molecule has 0 unspecified atom stereocenters. The topological polar surface area (TPSA) is 74.3 Å². The summed E-state index contributed by atoms with van der Waals surface area (Å²) in [6.45, 7) is 2.98. The molecule has 8 nitrogen and oxygen atoms in total. The SMILES string of the molecule is CN(CCCn1c(=O)c2c(ncn2C)n(C)c1=O)C[C@@H]1CCCCO1. The molecule has 1 fully saturated rings. The molecule has 2 aromatic heterocycles. The number of likely N-dealkylation sites (N-methyl/N-ethyl adjacent to an activating group) is 1. The van der Waals surface area contributed by atoms with Gasteiger partial charge in [0.05, 0.1) is 12.4 Å². The van der Waals surface area contributed by atoms with Crippen molar-refractivity contribution in [3.63, 3.8) is 0 Å². The Kier molecular flexibility index (Phi) is 5.39. The number of aryl methyl sites for hydroxylation is 2. The Morgan fingerprint density at radius 1 is 1.32 bits per heavy atom. The Bertz CT molecular complexity index is 844. The van der Waals surface area contributed by atoms with Crippen LogP contribution in [0, 0.1) is 0 Å². The van der Waals surface area contributed by atoms with Gasteiger partial charge in [-0.3, -0.25) is 13.9 Å². The molecule has 3 rings (SSSR count). The standard InChI is InChI=1S/C17H27N5O3/c1-19(11-13-7-4-5-10-25-13)8-6-9-22-16(23)14-15(18-12-20(14)2)21(3)17(22)24/h12-13H,4-11H2,1-3H3/t13-/m0/s1. The molecule has 0 bridgehead atoms. The van der Waals surface area contributed by atoms with Crippen molar-refractivity contribution in [2.75, 3.05) is 26.7 Å². The molecule has 0 aromatic carbocycles. The van der Waals surface area contributed by atoms with Gasteiger partial charge in [0.25, 0.3) is 5.56 Å². The van der Waals surface area contributed by atoms with Crippen LogP contribution in [0.15, 0.2) is 15.9 Å². The zero-order valence-electron chi connectivity index (χ0n) is 15.3. The average Bonchev–Trinajstić information content (AvgIpc) is 2.99. The molecule has 0 radical (unpaired) electrons. The van der Waals surface area contributed by atoms with Crippen LogP contribution in [0.5, 0.6) is 0 Å². The van der Waals surface area contributed by atoms with Gasteiger partial charge in [-0.1, -0.05) is 0 Å². The summed E-state index contributed by atoms with van der Waals surface area (Å²) in [6.07, 6.45) is 6.11. The van der Waals surface area contributed by atoms with Crippen LogP contribution >= 0.6 is 0 Å². The highest BCUT2D eigenvalue weighted by molar-refractivity contribution is 5.69. The molecule has 1 aliphatic heterocycles. The minimum atomic E-state index is -0.311. The first-order valence-electron chi connectivity index (χ1n) is 8.90. The van der Waals surface area contributed by atoms with E-state index in [1.165, 1.54) is 15.6 Å². The van der Waals surface area contributed by atoms with Crippen molar-refractivity contribution in [1.29, 1.82) is 0 Å². The predicted octanol–water partition coefficient (Wildman–Crippen LogP) is 0.325. The van der Waals surface area contributed by atoms with E-state index >= 15 is 0 Å². The van der Waals surface area contributed by atoms with Gasteiger partial charge in [0.2, 0.25) is 0 Å². The summed E-state index contributed by atoms with van der Waals surface area (Å²) in [4.78, 5) is 31.4. The zero-order chi connectivity index (χ0) is 18.0. The monoisotopic (exact) mass is 349 g/mol. The lowest BCUT2D eigenvalue weighted by Gasteiger charge is -2.27. The highest BCUT2D eigenvalue weighted by Gasteiger charge is 2.17. The Balaban J connectivity index is 1.66. The molecule has 0 saturated carbocycles. The number of nitrogens with zero attached hydrogens (tertiary/aromatic N) is 5. The van der Waals surface area contributed by atoms with Crippen LogP contribution in [0.4, 0.5) is 0 Å². The van der Waals surface area contributed by atoms with Crippen LogP contribution in [0.3, 0.4) is 0 Å². The Labute approximate surface area is 146 Å². The molecule has 1 atom stereocenters. The Morgan fingerprint density at radius 3 is 2.84 bits per heavy atom. The van der Waals surface area contributed by atoms with Crippen molar-refractivity contribution in [2.24, 2.45) is 14.1 Å². The van der Waals surface area contributed by atoms with E-state index in [9.17, 15) is 9.59 Å². The van der Waals surface area contributed by atoms with Gasteiger partial charge in [-0.05, 0) is 39.3 Å². The van der Waals surface area contributed by atoms with Crippen LogP contribution in [0.1, 0.15) is 25.7 Å². The third kappa shape index (κ3) is 3.69. The lowest BCUT2D eigenvalue weighted by atomic mass is 10.1. The molecule has 25 heavy (non-hydrogen) atoms. The van der Waals surface area contributed by atoms with E-state index in [0.717, 1.165) is 39.0 Å². The summed E-state index contributed by atoms with van der Waals surface area (Å²) in [5.41, 5.74) is 0.317. The molecule has 0 amide bonds. The molecule has 1 aliphatic rings. The van der Waals surface area contributed by atoms with Crippen molar-refractivity contribution in [3.05, 3.63) is 27.2 Å². The first-order chi connectivity index (χ1) is 12.0. The molecule has 8 heteroatoms. The van der Waals surface area contributed by atoms with Gasteiger partial charge < -0.3 is 14.2 Å². The second-order valence-corrected chi connectivity index (χ2v) is 6.93. The maximum absolute atomic E-state index is 12.6. The molecule has 0 aliphatic carbocycles. The van der Waals surface area contributed by atoms with E-state index in [-0.39, 0.29) is 11.2 Å². The third-order valence-electron chi connectivity index (χ3n) is 4.91. The molecule has 1 saturated heterocycles. The van der Waals surface area contributed by atoms with Crippen molar-refractivity contribution in [2.45, 2.75) is 38.3 Å². The van der Waals surface area contributed by atoms with Crippen LogP contribution in [-0.4, -0.2) is 56.4 Å². The Hall–Kier alpha value is -1.93.